The van der Waals surface area contributed by atoms with Crippen molar-refractivity contribution in [2.45, 2.75) is 37.8 Å². The Morgan fingerprint density at radius 1 is 1.39 bits per heavy atom. The molecule has 0 spiro atoms. The fourth-order valence-corrected chi connectivity index (χ4v) is 2.72. The number of hydrogen-bond acceptors (Lipinski definition) is 4. The van der Waals surface area contributed by atoms with Gasteiger partial charge in [-0.05, 0) is 25.0 Å². The summed E-state index contributed by atoms with van der Waals surface area (Å²) in [6, 6.07) is 8.64. The van der Waals surface area contributed by atoms with Gasteiger partial charge < -0.3 is 9.84 Å². The van der Waals surface area contributed by atoms with Gasteiger partial charge >= 0.3 is 0 Å². The maximum absolute atomic E-state index is 12.1. The summed E-state index contributed by atoms with van der Waals surface area (Å²) >= 11 is 5.99. The molecule has 1 aromatic heterocycles. The zero-order valence-electron chi connectivity index (χ0n) is 12.7. The number of aromatic nitrogens is 2. The molecule has 122 valence electrons. The van der Waals surface area contributed by atoms with Crippen molar-refractivity contribution >= 4 is 11.6 Å². The minimum absolute atomic E-state index is 0.0561. The monoisotopic (exact) mass is 334 g/mol. The minimum Gasteiger partial charge on any atom is -0.489 e. The highest BCUT2D eigenvalue weighted by molar-refractivity contribution is 6.32. The summed E-state index contributed by atoms with van der Waals surface area (Å²) in [7, 11) is 0. The highest BCUT2D eigenvalue weighted by Gasteiger charge is 2.21. The topological polar surface area (TPSA) is 64.4 Å². The third-order valence-electron chi connectivity index (χ3n) is 4.10. The van der Waals surface area contributed by atoms with Gasteiger partial charge in [-0.2, -0.15) is 0 Å². The van der Waals surface area contributed by atoms with Crippen LogP contribution in [0.3, 0.4) is 0 Å². The van der Waals surface area contributed by atoms with Crippen LogP contribution >= 0.6 is 11.6 Å². The zero-order chi connectivity index (χ0) is 16.2. The first-order chi connectivity index (χ1) is 11.1. The lowest BCUT2D eigenvalue weighted by Crippen LogP contribution is -2.31. The molecule has 1 saturated carbocycles. The van der Waals surface area contributed by atoms with Gasteiger partial charge in [0.05, 0.1) is 23.6 Å². The molecule has 1 aliphatic rings. The lowest BCUT2D eigenvalue weighted by atomic mass is 9.83. The first-order valence-corrected chi connectivity index (χ1v) is 8.13. The van der Waals surface area contributed by atoms with Crippen LogP contribution in [0.1, 0.15) is 30.9 Å². The second kappa shape index (κ2) is 7.15. The van der Waals surface area contributed by atoms with Crippen molar-refractivity contribution in [2.24, 2.45) is 0 Å². The van der Waals surface area contributed by atoms with Crippen molar-refractivity contribution in [1.82, 2.24) is 9.55 Å². The second-order valence-electron chi connectivity index (χ2n) is 5.83. The van der Waals surface area contributed by atoms with Gasteiger partial charge in [-0.15, -0.1) is 0 Å². The lowest BCUT2D eigenvalue weighted by molar-refractivity contribution is 0.0913. The molecule has 5 nitrogen and oxygen atoms in total. The molecule has 0 amide bonds. The van der Waals surface area contributed by atoms with Crippen LogP contribution in [0.15, 0.2) is 41.5 Å². The van der Waals surface area contributed by atoms with Crippen LogP contribution in [0.2, 0.25) is 5.02 Å². The van der Waals surface area contributed by atoms with Crippen LogP contribution < -0.4 is 10.3 Å². The number of aliphatic hydroxyl groups excluding tert-OH is 1. The molecule has 1 heterocycles. The quantitative estimate of drug-likeness (QED) is 0.882. The smallest absolute Gasteiger partial charge is 0.253 e. The molecule has 1 atom stereocenters. The first kappa shape index (κ1) is 16.0. The van der Waals surface area contributed by atoms with Crippen molar-refractivity contribution in [3.8, 4) is 5.75 Å². The van der Waals surface area contributed by atoms with Gasteiger partial charge in [-0.3, -0.25) is 9.36 Å². The van der Waals surface area contributed by atoms with E-state index in [1.54, 1.807) is 30.3 Å². The SMILES string of the molecule is O=c1cc(C2CCC2)ncn1CC(O)COc1ccccc1Cl. The second-order valence-corrected chi connectivity index (χ2v) is 6.23. The van der Waals surface area contributed by atoms with Crippen LogP contribution in [0.25, 0.3) is 0 Å². The third-order valence-corrected chi connectivity index (χ3v) is 4.41. The molecule has 1 aliphatic carbocycles. The molecule has 3 rings (SSSR count). The number of benzene rings is 1. The first-order valence-electron chi connectivity index (χ1n) is 7.75. The summed E-state index contributed by atoms with van der Waals surface area (Å²) in [5, 5.41) is 10.5. The fourth-order valence-electron chi connectivity index (χ4n) is 2.53. The number of hydrogen-bond donors (Lipinski definition) is 1. The molecule has 1 unspecified atom stereocenters. The van der Waals surface area contributed by atoms with E-state index in [0.717, 1.165) is 18.5 Å². The van der Waals surface area contributed by atoms with Crippen molar-refractivity contribution in [1.29, 1.82) is 0 Å². The normalized spacial score (nSPS) is 15.9. The zero-order valence-corrected chi connectivity index (χ0v) is 13.4. The molecule has 2 aromatic rings. The predicted octanol–water partition coefficient (Wildman–Crippen LogP) is 2.60. The van der Waals surface area contributed by atoms with Crippen LogP contribution in [0, 0.1) is 0 Å². The van der Waals surface area contributed by atoms with Crippen molar-refractivity contribution < 1.29 is 9.84 Å². The Morgan fingerprint density at radius 2 is 2.17 bits per heavy atom. The molecule has 0 saturated heterocycles. The Balaban J connectivity index is 1.58. The number of ether oxygens (including phenoxy) is 1. The number of para-hydroxylation sites is 1. The van der Waals surface area contributed by atoms with Crippen LogP contribution in [-0.4, -0.2) is 27.4 Å². The van der Waals surface area contributed by atoms with Gasteiger partial charge in [0, 0.05) is 12.0 Å². The van der Waals surface area contributed by atoms with E-state index in [2.05, 4.69) is 4.98 Å². The van der Waals surface area contributed by atoms with Gasteiger partial charge in [0.2, 0.25) is 0 Å². The number of nitrogens with zero attached hydrogens (tertiary/aromatic N) is 2. The molecular formula is C17H19ClN2O3. The molecule has 1 aromatic carbocycles. The maximum Gasteiger partial charge on any atom is 0.253 e. The van der Waals surface area contributed by atoms with Crippen molar-refractivity contribution in [2.75, 3.05) is 6.61 Å². The number of halogens is 1. The summed E-state index contributed by atoms with van der Waals surface area (Å²) in [4.78, 5) is 16.4. The largest absolute Gasteiger partial charge is 0.489 e. The van der Waals surface area contributed by atoms with Gasteiger partial charge in [0.15, 0.2) is 0 Å². The van der Waals surface area contributed by atoms with E-state index in [-0.39, 0.29) is 18.7 Å². The van der Waals surface area contributed by atoms with E-state index >= 15 is 0 Å². The van der Waals surface area contributed by atoms with Gasteiger partial charge in [-0.1, -0.05) is 30.2 Å². The van der Waals surface area contributed by atoms with E-state index in [0.29, 0.717) is 16.7 Å². The average molecular weight is 335 g/mol. The summed E-state index contributed by atoms with van der Waals surface area (Å²) in [5.41, 5.74) is 0.720. The van der Waals surface area contributed by atoms with E-state index in [1.807, 2.05) is 0 Å². The van der Waals surface area contributed by atoms with Gasteiger partial charge in [0.1, 0.15) is 18.5 Å². The van der Waals surface area contributed by atoms with E-state index in [1.165, 1.54) is 17.3 Å². The highest BCUT2D eigenvalue weighted by atomic mass is 35.5. The Hall–Kier alpha value is -1.85. The summed E-state index contributed by atoms with van der Waals surface area (Å²) in [5.74, 6) is 0.935. The highest BCUT2D eigenvalue weighted by Crippen LogP contribution is 2.34. The number of aliphatic hydroxyl groups is 1. The molecule has 1 N–H and O–H groups in total. The average Bonchev–Trinajstić information content (AvgIpc) is 2.47. The predicted molar refractivity (Wildman–Crippen MR) is 88.0 cm³/mol. The molecule has 0 bridgehead atoms. The Bertz CT molecular complexity index is 728. The molecular weight excluding hydrogens is 316 g/mol. The van der Waals surface area contributed by atoms with Gasteiger partial charge in [0.25, 0.3) is 5.56 Å². The minimum atomic E-state index is -0.819. The summed E-state index contributed by atoms with van der Waals surface area (Å²) in [6.45, 7) is 0.196. The Labute approximate surface area is 139 Å². The summed E-state index contributed by atoms with van der Waals surface area (Å²) in [6.07, 6.45) is 4.10. The Morgan fingerprint density at radius 3 is 2.83 bits per heavy atom. The van der Waals surface area contributed by atoms with Crippen molar-refractivity contribution in [3.63, 3.8) is 0 Å². The van der Waals surface area contributed by atoms with Crippen LogP contribution in [0.5, 0.6) is 5.75 Å². The van der Waals surface area contributed by atoms with E-state index < -0.39 is 6.10 Å². The van der Waals surface area contributed by atoms with Gasteiger partial charge in [-0.25, -0.2) is 4.98 Å². The molecule has 6 heteroatoms. The summed E-state index contributed by atoms with van der Waals surface area (Å²) < 4.78 is 6.89. The molecule has 23 heavy (non-hydrogen) atoms. The van der Waals surface area contributed by atoms with E-state index in [4.69, 9.17) is 16.3 Å². The molecule has 0 aliphatic heterocycles. The molecule has 0 radical (unpaired) electrons. The third kappa shape index (κ3) is 3.92. The lowest BCUT2D eigenvalue weighted by Gasteiger charge is -2.24. The van der Waals surface area contributed by atoms with Crippen molar-refractivity contribution in [3.05, 3.63) is 57.7 Å². The van der Waals surface area contributed by atoms with Crippen LogP contribution in [-0.2, 0) is 6.54 Å². The molecule has 1 fully saturated rings. The number of rotatable bonds is 6. The Kier molecular flexibility index (Phi) is 4.98. The van der Waals surface area contributed by atoms with E-state index in [9.17, 15) is 9.90 Å². The standard InChI is InChI=1S/C17H19ClN2O3/c18-14-6-1-2-7-16(14)23-10-13(21)9-20-11-19-15(8-17(20)22)12-4-3-5-12/h1-2,6-8,11-13,21H,3-5,9-10H2. The maximum atomic E-state index is 12.1. The van der Waals surface area contributed by atoms with Crippen LogP contribution in [0.4, 0.5) is 0 Å². The fraction of sp³-hybridized carbons (Fsp3) is 0.412.